The minimum atomic E-state index is -0.0773. The Hall–Kier alpha value is -2.28. The summed E-state index contributed by atoms with van der Waals surface area (Å²) in [5, 5.41) is 9.81. The number of hydrogen-bond acceptors (Lipinski definition) is 5. The Labute approximate surface area is 152 Å². The lowest BCUT2D eigenvalue weighted by atomic mass is 10.2. The van der Waals surface area contributed by atoms with Crippen LogP contribution in [-0.4, -0.2) is 43.3 Å². The number of rotatable bonds is 6. The Balaban J connectivity index is 1.50. The standard InChI is InChI=1S/C18H24N4O2S/c1-3-19-18(20-9-8-14-12-25-13(2)22-14)21-10-15-11-23-16-6-4-5-7-17(16)24-15/h4-7,12,15H,3,8-11H2,1-2H3,(H2,19,20,21). The molecule has 2 heterocycles. The smallest absolute Gasteiger partial charge is 0.191 e. The van der Waals surface area contributed by atoms with Crippen molar-refractivity contribution in [3.8, 4) is 11.5 Å². The Morgan fingerprint density at radius 3 is 2.92 bits per heavy atom. The van der Waals surface area contributed by atoms with Gasteiger partial charge in [0.2, 0.25) is 0 Å². The van der Waals surface area contributed by atoms with Gasteiger partial charge in [0.15, 0.2) is 23.6 Å². The van der Waals surface area contributed by atoms with Crippen molar-refractivity contribution >= 4 is 17.3 Å². The second-order valence-corrected chi connectivity index (χ2v) is 6.81. The highest BCUT2D eigenvalue weighted by Gasteiger charge is 2.20. The molecular formula is C18H24N4O2S. The van der Waals surface area contributed by atoms with E-state index in [0.29, 0.717) is 13.2 Å². The molecule has 0 aliphatic carbocycles. The third kappa shape index (κ3) is 5.09. The van der Waals surface area contributed by atoms with Crippen molar-refractivity contribution in [3.63, 3.8) is 0 Å². The van der Waals surface area contributed by atoms with E-state index >= 15 is 0 Å². The number of aryl methyl sites for hydroxylation is 1. The first-order valence-electron chi connectivity index (χ1n) is 8.56. The molecule has 0 spiro atoms. The number of nitrogens with one attached hydrogen (secondary N) is 2. The first-order valence-corrected chi connectivity index (χ1v) is 9.44. The second-order valence-electron chi connectivity index (χ2n) is 5.75. The van der Waals surface area contributed by atoms with Gasteiger partial charge in [-0.1, -0.05) is 12.1 Å². The molecule has 25 heavy (non-hydrogen) atoms. The Morgan fingerprint density at radius 1 is 1.32 bits per heavy atom. The van der Waals surface area contributed by atoms with Crippen LogP contribution in [0.25, 0.3) is 0 Å². The van der Waals surface area contributed by atoms with Gasteiger partial charge in [-0.15, -0.1) is 11.3 Å². The second kappa shape index (κ2) is 8.71. The van der Waals surface area contributed by atoms with E-state index in [-0.39, 0.29) is 6.10 Å². The molecule has 2 aromatic rings. The Morgan fingerprint density at radius 2 is 2.16 bits per heavy atom. The number of hydrogen-bond donors (Lipinski definition) is 2. The summed E-state index contributed by atoms with van der Waals surface area (Å²) in [7, 11) is 0. The lowest BCUT2D eigenvalue weighted by molar-refractivity contribution is 0.0971. The van der Waals surface area contributed by atoms with E-state index in [2.05, 4.69) is 32.9 Å². The molecule has 6 nitrogen and oxygen atoms in total. The summed E-state index contributed by atoms with van der Waals surface area (Å²) < 4.78 is 11.7. The van der Waals surface area contributed by atoms with Crippen molar-refractivity contribution in [2.75, 3.05) is 26.2 Å². The van der Waals surface area contributed by atoms with Gasteiger partial charge in [0.1, 0.15) is 6.61 Å². The Bertz CT molecular complexity index is 717. The minimum absolute atomic E-state index is 0.0773. The summed E-state index contributed by atoms with van der Waals surface area (Å²) >= 11 is 1.68. The van der Waals surface area contributed by atoms with Gasteiger partial charge in [0.25, 0.3) is 0 Å². The van der Waals surface area contributed by atoms with Gasteiger partial charge in [-0.05, 0) is 26.0 Å². The number of aromatic nitrogens is 1. The van der Waals surface area contributed by atoms with E-state index in [9.17, 15) is 0 Å². The third-order valence-corrected chi connectivity index (χ3v) is 4.53. The topological polar surface area (TPSA) is 67.8 Å². The number of para-hydroxylation sites is 2. The van der Waals surface area contributed by atoms with Crippen molar-refractivity contribution in [2.45, 2.75) is 26.4 Å². The largest absolute Gasteiger partial charge is 0.486 e. The molecule has 1 atom stereocenters. The third-order valence-electron chi connectivity index (χ3n) is 3.70. The van der Waals surface area contributed by atoms with Crippen molar-refractivity contribution in [3.05, 3.63) is 40.3 Å². The first kappa shape index (κ1) is 17.5. The highest BCUT2D eigenvalue weighted by atomic mass is 32.1. The van der Waals surface area contributed by atoms with Crippen LogP contribution in [0.15, 0.2) is 34.6 Å². The van der Waals surface area contributed by atoms with Crippen molar-refractivity contribution in [1.29, 1.82) is 0 Å². The lowest BCUT2D eigenvalue weighted by Gasteiger charge is -2.25. The number of benzene rings is 1. The molecule has 2 N–H and O–H groups in total. The van der Waals surface area contributed by atoms with Crippen molar-refractivity contribution in [1.82, 2.24) is 15.6 Å². The molecule has 0 saturated carbocycles. The van der Waals surface area contributed by atoms with Crippen LogP contribution in [0.3, 0.4) is 0 Å². The SMILES string of the molecule is CCNC(=NCC1COc2ccccc2O1)NCCc1csc(C)n1. The molecule has 0 fully saturated rings. The molecule has 0 bridgehead atoms. The minimum Gasteiger partial charge on any atom is -0.486 e. The Kier molecular flexibility index (Phi) is 6.11. The van der Waals surface area contributed by atoms with Gasteiger partial charge in [0, 0.05) is 24.9 Å². The molecule has 1 aliphatic rings. The number of thiazole rings is 1. The maximum atomic E-state index is 5.94. The summed E-state index contributed by atoms with van der Waals surface area (Å²) in [4.78, 5) is 9.09. The maximum Gasteiger partial charge on any atom is 0.191 e. The molecular weight excluding hydrogens is 336 g/mol. The van der Waals surface area contributed by atoms with E-state index in [1.165, 1.54) is 0 Å². The van der Waals surface area contributed by atoms with Gasteiger partial charge in [-0.25, -0.2) is 9.98 Å². The molecule has 3 rings (SSSR count). The number of fused-ring (bicyclic) bond motifs is 1. The number of aliphatic imine (C=N–C) groups is 1. The van der Waals surface area contributed by atoms with E-state index in [4.69, 9.17) is 9.47 Å². The molecule has 134 valence electrons. The highest BCUT2D eigenvalue weighted by Crippen LogP contribution is 2.30. The van der Waals surface area contributed by atoms with Crippen molar-refractivity contribution in [2.24, 2.45) is 4.99 Å². The number of ether oxygens (including phenoxy) is 2. The van der Waals surface area contributed by atoms with Crippen LogP contribution in [-0.2, 0) is 6.42 Å². The number of nitrogens with zero attached hydrogens (tertiary/aromatic N) is 2. The fraction of sp³-hybridized carbons (Fsp3) is 0.444. The predicted octanol–water partition coefficient (Wildman–Crippen LogP) is 2.39. The van der Waals surface area contributed by atoms with Crippen LogP contribution in [0.2, 0.25) is 0 Å². The van der Waals surface area contributed by atoms with Gasteiger partial charge in [0.05, 0.1) is 17.2 Å². The summed E-state index contributed by atoms with van der Waals surface area (Å²) in [6, 6.07) is 7.72. The molecule has 7 heteroatoms. The van der Waals surface area contributed by atoms with E-state index in [1.807, 2.05) is 31.2 Å². The quantitative estimate of drug-likeness (QED) is 0.612. The van der Waals surface area contributed by atoms with Gasteiger partial charge < -0.3 is 20.1 Å². The summed E-state index contributed by atoms with van der Waals surface area (Å²) in [5.41, 5.74) is 1.12. The van der Waals surface area contributed by atoms with Gasteiger partial charge in [-0.2, -0.15) is 0 Å². The van der Waals surface area contributed by atoms with Crippen LogP contribution in [0.4, 0.5) is 0 Å². The van der Waals surface area contributed by atoms with Crippen LogP contribution in [0.1, 0.15) is 17.6 Å². The lowest BCUT2D eigenvalue weighted by Crippen LogP contribution is -2.40. The van der Waals surface area contributed by atoms with E-state index < -0.39 is 0 Å². The van der Waals surface area contributed by atoms with Crippen LogP contribution < -0.4 is 20.1 Å². The fourth-order valence-electron chi connectivity index (χ4n) is 2.52. The van der Waals surface area contributed by atoms with E-state index in [1.54, 1.807) is 11.3 Å². The normalized spacial score (nSPS) is 16.6. The molecule has 1 aromatic heterocycles. The first-order chi connectivity index (χ1) is 12.2. The number of guanidine groups is 1. The van der Waals surface area contributed by atoms with Crippen LogP contribution in [0.5, 0.6) is 11.5 Å². The monoisotopic (exact) mass is 360 g/mol. The van der Waals surface area contributed by atoms with Crippen LogP contribution >= 0.6 is 11.3 Å². The van der Waals surface area contributed by atoms with Crippen LogP contribution in [0, 0.1) is 6.92 Å². The predicted molar refractivity (Wildman–Crippen MR) is 101 cm³/mol. The molecule has 0 radical (unpaired) electrons. The average molecular weight is 360 g/mol. The zero-order chi connectivity index (χ0) is 17.5. The molecule has 1 aromatic carbocycles. The maximum absolute atomic E-state index is 5.94. The highest BCUT2D eigenvalue weighted by molar-refractivity contribution is 7.09. The summed E-state index contributed by atoms with van der Waals surface area (Å²) in [6.45, 7) is 6.73. The molecule has 0 amide bonds. The summed E-state index contributed by atoms with van der Waals surface area (Å²) in [5.74, 6) is 2.37. The van der Waals surface area contributed by atoms with Gasteiger partial charge in [-0.3, -0.25) is 0 Å². The molecule has 1 unspecified atom stereocenters. The molecule has 1 aliphatic heterocycles. The van der Waals surface area contributed by atoms with Gasteiger partial charge >= 0.3 is 0 Å². The van der Waals surface area contributed by atoms with E-state index in [0.717, 1.165) is 47.7 Å². The zero-order valence-corrected chi connectivity index (χ0v) is 15.4. The summed E-state index contributed by atoms with van der Waals surface area (Å²) in [6.07, 6.45) is 0.803. The average Bonchev–Trinajstić information content (AvgIpc) is 3.04. The van der Waals surface area contributed by atoms with Crippen molar-refractivity contribution < 1.29 is 9.47 Å². The molecule has 0 saturated heterocycles. The fourth-order valence-corrected chi connectivity index (χ4v) is 3.17. The zero-order valence-electron chi connectivity index (χ0n) is 14.6.